The predicted molar refractivity (Wildman–Crippen MR) is 69.1 cm³/mol. The molecule has 0 saturated carbocycles. The second kappa shape index (κ2) is 6.36. The van der Waals surface area contributed by atoms with Crippen LogP contribution in [0.15, 0.2) is 0 Å². The first-order valence-corrected chi connectivity index (χ1v) is 6.55. The lowest BCUT2D eigenvalue weighted by atomic mass is 9.80. The van der Waals surface area contributed by atoms with Crippen molar-refractivity contribution in [2.75, 3.05) is 34.2 Å². The van der Waals surface area contributed by atoms with Gasteiger partial charge in [0.1, 0.15) is 0 Å². The first-order chi connectivity index (χ1) is 7.97. The monoisotopic (exact) mass is 242 g/mol. The number of hydrogen-bond acceptors (Lipinski definition) is 3. The van der Waals surface area contributed by atoms with Crippen molar-refractivity contribution in [3.8, 4) is 0 Å². The molecular weight excluding hydrogens is 216 g/mol. The number of likely N-dealkylation sites (tertiary alicyclic amines) is 1. The summed E-state index contributed by atoms with van der Waals surface area (Å²) >= 11 is 0. The van der Waals surface area contributed by atoms with Crippen molar-refractivity contribution in [2.24, 2.45) is 11.8 Å². The number of aliphatic carboxylic acids is 1. The van der Waals surface area contributed by atoms with Crippen molar-refractivity contribution in [1.29, 1.82) is 0 Å². The summed E-state index contributed by atoms with van der Waals surface area (Å²) in [4.78, 5) is 15.8. The van der Waals surface area contributed by atoms with Gasteiger partial charge < -0.3 is 14.9 Å². The van der Waals surface area contributed by atoms with E-state index in [0.717, 1.165) is 25.9 Å². The van der Waals surface area contributed by atoms with Gasteiger partial charge in [0, 0.05) is 6.04 Å². The summed E-state index contributed by atoms with van der Waals surface area (Å²) in [7, 11) is 6.15. The molecule has 0 amide bonds. The molecule has 4 nitrogen and oxygen atoms in total. The summed E-state index contributed by atoms with van der Waals surface area (Å²) in [6.45, 7) is 4.15. The van der Waals surface area contributed by atoms with E-state index in [1.54, 1.807) is 0 Å². The van der Waals surface area contributed by atoms with E-state index in [9.17, 15) is 9.90 Å². The van der Waals surface area contributed by atoms with Crippen LogP contribution < -0.4 is 0 Å². The van der Waals surface area contributed by atoms with Gasteiger partial charge in [0.2, 0.25) is 0 Å². The minimum atomic E-state index is -0.648. The zero-order valence-corrected chi connectivity index (χ0v) is 11.5. The third-order valence-corrected chi connectivity index (χ3v) is 4.01. The van der Waals surface area contributed by atoms with Gasteiger partial charge in [-0.1, -0.05) is 6.92 Å². The average molecular weight is 242 g/mol. The molecule has 17 heavy (non-hydrogen) atoms. The van der Waals surface area contributed by atoms with E-state index in [-0.39, 0.29) is 12.0 Å². The molecule has 1 aliphatic heterocycles. The third kappa shape index (κ3) is 3.68. The van der Waals surface area contributed by atoms with E-state index >= 15 is 0 Å². The largest absolute Gasteiger partial charge is 0.481 e. The van der Waals surface area contributed by atoms with E-state index in [1.807, 2.05) is 21.0 Å². The summed E-state index contributed by atoms with van der Waals surface area (Å²) in [6.07, 6.45) is 2.94. The molecule has 1 fully saturated rings. The number of rotatable bonds is 5. The van der Waals surface area contributed by atoms with Crippen LogP contribution in [0.25, 0.3) is 0 Å². The van der Waals surface area contributed by atoms with E-state index in [2.05, 4.69) is 16.8 Å². The maximum Gasteiger partial charge on any atom is 0.308 e. The molecule has 1 saturated heterocycles. The van der Waals surface area contributed by atoms with Gasteiger partial charge in [0.25, 0.3) is 0 Å². The molecule has 0 aromatic rings. The smallest absolute Gasteiger partial charge is 0.308 e. The van der Waals surface area contributed by atoms with Crippen LogP contribution in [-0.4, -0.2) is 61.2 Å². The van der Waals surface area contributed by atoms with Crippen molar-refractivity contribution >= 4 is 5.97 Å². The molecule has 0 spiro atoms. The van der Waals surface area contributed by atoms with Crippen molar-refractivity contribution in [1.82, 2.24) is 9.80 Å². The Morgan fingerprint density at radius 2 is 1.94 bits per heavy atom. The molecule has 2 atom stereocenters. The average Bonchev–Trinajstić information content (AvgIpc) is 2.26. The number of nitrogens with zero attached hydrogens (tertiary/aromatic N) is 2. The Labute approximate surface area is 105 Å². The molecule has 100 valence electrons. The van der Waals surface area contributed by atoms with Gasteiger partial charge in [0.15, 0.2) is 0 Å². The predicted octanol–water partition coefficient (Wildman–Crippen LogP) is 1.37. The minimum Gasteiger partial charge on any atom is -0.481 e. The summed E-state index contributed by atoms with van der Waals surface area (Å²) in [5.41, 5.74) is 0. The fraction of sp³-hybridized carbons (Fsp3) is 0.923. The summed E-state index contributed by atoms with van der Waals surface area (Å²) in [5.74, 6) is -0.370. The van der Waals surface area contributed by atoms with Crippen molar-refractivity contribution in [3.05, 3.63) is 0 Å². The highest BCUT2D eigenvalue weighted by Gasteiger charge is 2.35. The highest BCUT2D eigenvalue weighted by molar-refractivity contribution is 5.70. The summed E-state index contributed by atoms with van der Waals surface area (Å²) in [6, 6.07) is 0.172. The SMILES string of the molecule is CCC(C(=O)O)C(C1CCN(C)CC1)N(C)C. The highest BCUT2D eigenvalue weighted by Crippen LogP contribution is 2.29. The third-order valence-electron chi connectivity index (χ3n) is 4.01. The molecule has 0 aromatic carbocycles. The molecule has 0 radical (unpaired) electrons. The molecule has 2 unspecified atom stereocenters. The lowest BCUT2D eigenvalue weighted by Gasteiger charge is -2.40. The Balaban J connectivity index is 2.74. The normalized spacial score (nSPS) is 22.6. The molecule has 0 aliphatic carbocycles. The van der Waals surface area contributed by atoms with E-state index in [4.69, 9.17) is 0 Å². The van der Waals surface area contributed by atoms with Crippen molar-refractivity contribution in [3.63, 3.8) is 0 Å². The van der Waals surface area contributed by atoms with Crippen LogP contribution in [0.5, 0.6) is 0 Å². The van der Waals surface area contributed by atoms with Crippen LogP contribution in [0.4, 0.5) is 0 Å². The number of hydrogen-bond donors (Lipinski definition) is 1. The summed E-state index contributed by atoms with van der Waals surface area (Å²) in [5, 5.41) is 9.34. The van der Waals surface area contributed by atoms with Gasteiger partial charge in [-0.05, 0) is 59.4 Å². The number of piperidine rings is 1. The van der Waals surface area contributed by atoms with Gasteiger partial charge in [-0.2, -0.15) is 0 Å². The number of carbonyl (C=O) groups is 1. The molecule has 1 aliphatic rings. The van der Waals surface area contributed by atoms with Gasteiger partial charge in [-0.25, -0.2) is 0 Å². The Morgan fingerprint density at radius 1 is 1.41 bits per heavy atom. The Bertz CT molecular complexity index is 248. The maximum atomic E-state index is 11.3. The first-order valence-electron chi connectivity index (χ1n) is 6.55. The molecule has 0 bridgehead atoms. The van der Waals surface area contributed by atoms with Gasteiger partial charge in [0.05, 0.1) is 5.92 Å². The zero-order chi connectivity index (χ0) is 13.0. The lowest BCUT2D eigenvalue weighted by Crippen LogP contribution is -2.48. The molecule has 0 aromatic heterocycles. The fourth-order valence-electron chi connectivity index (χ4n) is 3.04. The molecule has 1 heterocycles. The topological polar surface area (TPSA) is 43.8 Å². The van der Waals surface area contributed by atoms with Crippen LogP contribution in [0.3, 0.4) is 0 Å². The molecule has 1 N–H and O–H groups in total. The maximum absolute atomic E-state index is 11.3. The van der Waals surface area contributed by atoms with E-state index in [0.29, 0.717) is 12.3 Å². The van der Waals surface area contributed by atoms with Crippen LogP contribution in [0.1, 0.15) is 26.2 Å². The standard InChI is InChI=1S/C13H26N2O2/c1-5-11(13(16)17)12(14(2)3)10-6-8-15(4)9-7-10/h10-12H,5-9H2,1-4H3,(H,16,17). The second-order valence-electron chi connectivity index (χ2n) is 5.45. The van der Waals surface area contributed by atoms with Crippen molar-refractivity contribution < 1.29 is 9.90 Å². The lowest BCUT2D eigenvalue weighted by molar-refractivity contribution is -0.145. The van der Waals surface area contributed by atoms with Gasteiger partial charge in [-0.15, -0.1) is 0 Å². The zero-order valence-electron chi connectivity index (χ0n) is 11.5. The second-order valence-corrected chi connectivity index (χ2v) is 5.45. The molecule has 4 heteroatoms. The van der Waals surface area contributed by atoms with Crippen LogP contribution in [-0.2, 0) is 4.79 Å². The Hall–Kier alpha value is -0.610. The fourth-order valence-corrected chi connectivity index (χ4v) is 3.04. The Morgan fingerprint density at radius 3 is 2.29 bits per heavy atom. The minimum absolute atomic E-state index is 0.172. The number of carboxylic acids is 1. The van der Waals surface area contributed by atoms with E-state index in [1.165, 1.54) is 0 Å². The van der Waals surface area contributed by atoms with Crippen LogP contribution in [0, 0.1) is 11.8 Å². The van der Waals surface area contributed by atoms with E-state index < -0.39 is 5.97 Å². The molecular formula is C13H26N2O2. The van der Waals surface area contributed by atoms with Gasteiger partial charge in [-0.3, -0.25) is 4.79 Å². The first kappa shape index (κ1) is 14.5. The Kier molecular flexibility index (Phi) is 5.40. The summed E-state index contributed by atoms with van der Waals surface area (Å²) < 4.78 is 0. The quantitative estimate of drug-likeness (QED) is 0.791. The van der Waals surface area contributed by atoms with Crippen LogP contribution in [0.2, 0.25) is 0 Å². The van der Waals surface area contributed by atoms with Gasteiger partial charge >= 0.3 is 5.97 Å². The van der Waals surface area contributed by atoms with Crippen LogP contribution >= 0.6 is 0 Å². The molecule has 1 rings (SSSR count). The number of carboxylic acid groups (broad SMARTS) is 1. The highest BCUT2D eigenvalue weighted by atomic mass is 16.4. The van der Waals surface area contributed by atoms with Crippen molar-refractivity contribution in [2.45, 2.75) is 32.2 Å².